The van der Waals surface area contributed by atoms with Gasteiger partial charge in [0.25, 0.3) is 0 Å². The summed E-state index contributed by atoms with van der Waals surface area (Å²) in [7, 11) is 0. The molecular formula is C78H47BN4S2. The monoisotopic (exact) mass is 1140 g/mol. The summed E-state index contributed by atoms with van der Waals surface area (Å²) in [5.74, 6) is 0. The standard InChI is InChI=1S/C78H47BN4S2/c1-3-20-48(21-4-1)53-30-19-31-54(49-22-5-2-6-23-49)77(53)83-70-45-51(81-66-34-15-9-26-57(66)58-27-10-16-35-67(58)81)38-40-62(70)79-63-41-43-73-75(61-44-50(39-42-72(61)84-73)80-64-32-13-7-24-55(64)56-25-8-14-33-65(56)80)78(63)85-74-47-52(46-71(83)76(74)79)82-68-36-17-11-28-59(68)60-29-12-18-37-69(60)82/h1-47H/i7D,8D,9D,10D,11D,12D,13D,14D,15D,16D,17D,18D,24D,25D,26D,27D,28D,29D,32D,33D,34D,35D,36D,37D. The smallest absolute Gasteiger partial charge is 0.249 e. The number of nitrogens with zero attached hydrogens (tertiary/aromatic N) is 4. The lowest BCUT2D eigenvalue weighted by molar-refractivity contribution is 1.15. The summed E-state index contributed by atoms with van der Waals surface area (Å²) in [5, 5.41) is 0.499. The third kappa shape index (κ3) is 6.76. The fourth-order valence-corrected chi connectivity index (χ4v) is 15.7. The predicted octanol–water partition coefficient (Wildman–Crippen LogP) is 19.4. The summed E-state index contributed by atoms with van der Waals surface area (Å²) >= 11 is 2.82. The van der Waals surface area contributed by atoms with Crippen LogP contribution >= 0.6 is 23.1 Å². The molecule has 19 rings (SSSR count). The van der Waals surface area contributed by atoms with Gasteiger partial charge in [0.05, 0.1) is 71.7 Å². The molecule has 0 N–H and O–H groups in total. The first-order chi connectivity index (χ1) is 52.2. The van der Waals surface area contributed by atoms with Crippen molar-refractivity contribution < 1.29 is 32.9 Å². The second kappa shape index (κ2) is 18.1. The van der Waals surface area contributed by atoms with Crippen molar-refractivity contribution in [2.24, 2.45) is 0 Å². The fraction of sp³-hybridized carbons (Fsp3) is 0. The van der Waals surface area contributed by atoms with E-state index in [1.165, 1.54) is 36.8 Å². The van der Waals surface area contributed by atoms with Crippen LogP contribution in [0.25, 0.3) is 125 Å². The summed E-state index contributed by atoms with van der Waals surface area (Å²) < 4.78 is 228. The lowest BCUT2D eigenvalue weighted by atomic mass is 9.34. The third-order valence-corrected chi connectivity index (χ3v) is 19.0. The number of fused-ring (bicyclic) bond motifs is 17. The molecule has 0 saturated heterocycles. The number of hydrogen-bond acceptors (Lipinski definition) is 3. The molecule has 0 fully saturated rings. The molecule has 6 heterocycles. The van der Waals surface area contributed by atoms with Gasteiger partial charge in [-0.25, -0.2) is 0 Å². The van der Waals surface area contributed by atoms with Gasteiger partial charge in [-0.1, -0.05) is 217 Å². The van der Waals surface area contributed by atoms with Crippen LogP contribution in [0.15, 0.2) is 294 Å². The van der Waals surface area contributed by atoms with Crippen molar-refractivity contribution in [3.63, 3.8) is 0 Å². The number of rotatable bonds is 6. The van der Waals surface area contributed by atoms with Gasteiger partial charge in [-0.2, -0.15) is 0 Å². The Morgan fingerprint density at radius 2 is 0.788 bits per heavy atom. The molecule has 0 saturated carbocycles. The van der Waals surface area contributed by atoms with E-state index >= 15 is 0 Å². The highest BCUT2D eigenvalue weighted by molar-refractivity contribution is 8.00. The van der Waals surface area contributed by atoms with Gasteiger partial charge in [0.1, 0.15) is 0 Å². The molecule has 0 amide bonds. The fourth-order valence-electron chi connectivity index (χ4n) is 13.2. The van der Waals surface area contributed by atoms with Crippen LogP contribution in [-0.2, 0) is 0 Å². The van der Waals surface area contributed by atoms with Crippen LogP contribution in [0.1, 0.15) is 32.9 Å². The first kappa shape index (κ1) is 29.8. The summed E-state index contributed by atoms with van der Waals surface area (Å²) in [6.07, 6.45) is 0. The van der Waals surface area contributed by atoms with Crippen molar-refractivity contribution in [3.05, 3.63) is 285 Å². The molecular weight excluding hydrogens is 1070 g/mol. The van der Waals surface area contributed by atoms with Crippen LogP contribution in [0.3, 0.4) is 0 Å². The van der Waals surface area contributed by atoms with Crippen LogP contribution in [0.5, 0.6) is 0 Å². The van der Waals surface area contributed by atoms with E-state index in [1.54, 1.807) is 12.1 Å². The zero-order valence-corrected chi connectivity index (χ0v) is 45.6. The lowest BCUT2D eigenvalue weighted by Crippen LogP contribution is -2.60. The highest BCUT2D eigenvalue weighted by atomic mass is 32.2. The van der Waals surface area contributed by atoms with E-state index in [0.29, 0.717) is 65.4 Å². The molecule has 0 atom stereocenters. The number of thiophene rings is 1. The van der Waals surface area contributed by atoms with Gasteiger partial charge in [0, 0.05) is 102 Å². The predicted molar refractivity (Wildman–Crippen MR) is 363 cm³/mol. The summed E-state index contributed by atoms with van der Waals surface area (Å²) in [6.45, 7) is -0.813. The van der Waals surface area contributed by atoms with Gasteiger partial charge < -0.3 is 18.6 Å². The number of benzene rings is 13. The Labute approximate surface area is 532 Å². The van der Waals surface area contributed by atoms with E-state index in [1.807, 2.05) is 127 Å². The zero-order valence-electron chi connectivity index (χ0n) is 68.0. The molecule has 17 aromatic rings. The van der Waals surface area contributed by atoms with E-state index in [-0.39, 0.29) is 76.8 Å². The third-order valence-electron chi connectivity index (χ3n) is 16.6. The van der Waals surface area contributed by atoms with Gasteiger partial charge >= 0.3 is 0 Å². The number of hydrogen-bond donors (Lipinski definition) is 0. The molecule has 0 bridgehead atoms. The summed E-state index contributed by atoms with van der Waals surface area (Å²) in [4.78, 5) is 3.31. The van der Waals surface area contributed by atoms with Gasteiger partial charge in [0.15, 0.2) is 0 Å². The maximum Gasteiger partial charge on any atom is 0.249 e. The molecule has 85 heavy (non-hydrogen) atoms. The summed E-state index contributed by atoms with van der Waals surface area (Å²) in [5.41, 5.74) is 6.38. The molecule has 2 aliphatic rings. The van der Waals surface area contributed by atoms with Gasteiger partial charge in [0.2, 0.25) is 6.71 Å². The van der Waals surface area contributed by atoms with Crippen LogP contribution in [0.4, 0.5) is 17.1 Å². The maximum atomic E-state index is 9.83. The Kier molecular flexibility index (Phi) is 6.34. The van der Waals surface area contributed by atoms with Crippen LogP contribution in [0, 0.1) is 0 Å². The largest absolute Gasteiger partial charge is 0.310 e. The molecule has 4 nitrogen and oxygen atoms in total. The minimum absolute atomic E-state index is 0.0781. The Bertz CT molecular complexity index is 6870. The van der Waals surface area contributed by atoms with E-state index < -0.39 is 152 Å². The topological polar surface area (TPSA) is 18.0 Å². The van der Waals surface area contributed by atoms with Crippen molar-refractivity contribution >= 4 is 149 Å². The van der Waals surface area contributed by atoms with Gasteiger partial charge in [-0.3, -0.25) is 0 Å². The van der Waals surface area contributed by atoms with E-state index in [0.717, 1.165) is 26.0 Å². The van der Waals surface area contributed by atoms with E-state index in [2.05, 4.69) is 4.90 Å². The molecule has 0 spiro atoms. The van der Waals surface area contributed by atoms with E-state index in [4.69, 9.17) is 13.7 Å². The second-order valence-electron chi connectivity index (χ2n) is 20.9. The van der Waals surface area contributed by atoms with Crippen LogP contribution in [0.2, 0.25) is 0 Å². The maximum absolute atomic E-state index is 9.83. The Morgan fingerprint density at radius 3 is 1.31 bits per heavy atom. The molecule has 0 unspecified atom stereocenters. The quantitative estimate of drug-likeness (QED) is 0.154. The minimum atomic E-state index is -0.813. The van der Waals surface area contributed by atoms with Crippen molar-refractivity contribution in [3.8, 4) is 39.3 Å². The highest BCUT2D eigenvalue weighted by Gasteiger charge is 2.43. The van der Waals surface area contributed by atoms with Gasteiger partial charge in [-0.15, -0.1) is 11.3 Å². The van der Waals surface area contributed by atoms with Crippen molar-refractivity contribution in [2.45, 2.75) is 9.79 Å². The zero-order chi connectivity index (χ0) is 76.3. The normalized spacial score (nSPS) is 16.8. The average molecular weight is 1140 g/mol. The molecule has 0 aliphatic carbocycles. The second-order valence-corrected chi connectivity index (χ2v) is 23.0. The SMILES string of the molecule is [2H]c1c([2H])c([2H])c2c(c1[2H])c1c([2H])c([2H])c([2H])c([2H])c1n2-c1ccc2c(c1)N(c1c(-c3ccccc3)cccc1-c1ccccc1)c1cc(-n3c4c([2H])c([2H])c([2H])c([2H])c4c4c([2H])c([2H])c([2H])c([2H])c43)cc3c1B2c1ccc2sc4ccc(-n5c6c([2H])c([2H])c([2H])c([2H])c6c6c([2H])c([2H])c([2H])c([2H])c65)cc4c2c1S3. The Balaban J connectivity index is 0.997. The van der Waals surface area contributed by atoms with E-state index in [9.17, 15) is 19.2 Å². The van der Waals surface area contributed by atoms with Gasteiger partial charge in [-0.05, 0) is 107 Å². The molecule has 2 aliphatic heterocycles. The average Bonchev–Trinajstić information content (AvgIpc) is 1.63. The van der Waals surface area contributed by atoms with Crippen LogP contribution in [-0.4, -0.2) is 20.4 Å². The Hall–Kier alpha value is -10.3. The molecule has 394 valence electrons. The van der Waals surface area contributed by atoms with Crippen molar-refractivity contribution in [1.29, 1.82) is 0 Å². The lowest BCUT2D eigenvalue weighted by Gasteiger charge is -2.42. The number of anilines is 3. The summed E-state index contributed by atoms with van der Waals surface area (Å²) in [6, 6.07) is 30.1. The molecule has 13 aromatic carbocycles. The number of para-hydroxylation sites is 7. The molecule has 7 heteroatoms. The van der Waals surface area contributed by atoms with Crippen LogP contribution < -0.4 is 21.3 Å². The first-order valence-electron chi connectivity index (χ1n) is 39.2. The van der Waals surface area contributed by atoms with Crippen molar-refractivity contribution in [2.75, 3.05) is 4.90 Å². The Morgan fingerprint density at radius 1 is 0.353 bits per heavy atom. The van der Waals surface area contributed by atoms with Crippen molar-refractivity contribution in [1.82, 2.24) is 13.7 Å². The number of aromatic nitrogens is 3. The first-order valence-corrected chi connectivity index (χ1v) is 28.9. The minimum Gasteiger partial charge on any atom is -0.310 e. The molecule has 0 radical (unpaired) electrons. The highest BCUT2D eigenvalue weighted by Crippen LogP contribution is 2.52. The molecule has 4 aromatic heterocycles.